The summed E-state index contributed by atoms with van der Waals surface area (Å²) in [7, 11) is 0. The third kappa shape index (κ3) is 4.45. The number of hydrogen-bond donors (Lipinski definition) is 1. The Kier molecular flexibility index (Phi) is 6.56. The molecule has 126 valence electrons. The van der Waals surface area contributed by atoms with Gasteiger partial charge in [0.15, 0.2) is 5.13 Å². The van der Waals surface area contributed by atoms with Crippen LogP contribution >= 0.6 is 46.1 Å². The van der Waals surface area contributed by atoms with Gasteiger partial charge in [-0.25, -0.2) is 14.8 Å². The number of ketones is 1. The fourth-order valence-corrected chi connectivity index (χ4v) is 3.05. The summed E-state index contributed by atoms with van der Waals surface area (Å²) in [5, 5.41) is 4.79. The summed E-state index contributed by atoms with van der Waals surface area (Å²) in [5.41, 5.74) is -0.428. The summed E-state index contributed by atoms with van der Waals surface area (Å²) < 4.78 is 4.90. The van der Waals surface area contributed by atoms with Crippen LogP contribution in [0.5, 0.6) is 0 Å². The molecule has 0 fully saturated rings. The fourth-order valence-electron chi connectivity index (χ4n) is 1.65. The quantitative estimate of drug-likeness (QED) is 0.193. The van der Waals surface area contributed by atoms with E-state index in [2.05, 4.69) is 15.3 Å². The highest BCUT2D eigenvalue weighted by atomic mass is 35.5. The van der Waals surface area contributed by atoms with E-state index in [-0.39, 0.29) is 33.1 Å². The molecule has 0 aromatic carbocycles. The van der Waals surface area contributed by atoms with Crippen molar-refractivity contribution in [2.24, 2.45) is 0 Å². The normalized spacial score (nSPS) is 11.2. The molecule has 6 nitrogen and oxygen atoms in total. The van der Waals surface area contributed by atoms with E-state index < -0.39 is 11.8 Å². The number of hydrogen-bond acceptors (Lipinski definition) is 7. The van der Waals surface area contributed by atoms with Gasteiger partial charge in [0, 0.05) is 17.8 Å². The number of carbonyl (C=O) groups is 2. The molecule has 1 N–H and O–H groups in total. The van der Waals surface area contributed by atoms with E-state index in [0.29, 0.717) is 5.13 Å². The molecule has 2 heterocycles. The van der Waals surface area contributed by atoms with Gasteiger partial charge in [-0.2, -0.15) is 0 Å². The second-order valence-electron chi connectivity index (χ2n) is 4.18. The van der Waals surface area contributed by atoms with E-state index in [1.165, 1.54) is 23.6 Å². The van der Waals surface area contributed by atoms with Crippen LogP contribution in [0.25, 0.3) is 0 Å². The predicted octanol–water partition coefficient (Wildman–Crippen LogP) is 4.24. The Bertz CT molecular complexity index is 771. The molecule has 0 aliphatic rings. The Hall–Kier alpha value is -1.67. The number of pyridine rings is 1. The van der Waals surface area contributed by atoms with E-state index in [1.807, 2.05) is 0 Å². The molecule has 2 rings (SSSR count). The summed E-state index contributed by atoms with van der Waals surface area (Å²) in [6.07, 6.45) is 2.77. The Morgan fingerprint density at radius 3 is 2.71 bits per heavy atom. The average molecular weight is 407 g/mol. The van der Waals surface area contributed by atoms with Crippen LogP contribution in [-0.2, 0) is 9.53 Å². The van der Waals surface area contributed by atoms with E-state index in [4.69, 9.17) is 39.5 Å². The monoisotopic (exact) mass is 405 g/mol. The molecule has 0 aliphatic heterocycles. The SMILES string of the molecule is CCOC(=O)/C(=C\Nc1nccs1)C(=O)c1c(Cl)cc(Cl)nc1Cl. The lowest BCUT2D eigenvalue weighted by Gasteiger charge is -2.09. The molecule has 0 atom stereocenters. The van der Waals surface area contributed by atoms with Gasteiger partial charge in [-0.3, -0.25) is 4.79 Å². The van der Waals surface area contributed by atoms with Gasteiger partial charge >= 0.3 is 5.97 Å². The lowest BCUT2D eigenvalue weighted by atomic mass is 10.1. The van der Waals surface area contributed by atoms with Crippen LogP contribution in [0.1, 0.15) is 17.3 Å². The molecule has 2 aromatic heterocycles. The van der Waals surface area contributed by atoms with Crippen LogP contribution in [0.2, 0.25) is 15.3 Å². The van der Waals surface area contributed by atoms with E-state index in [0.717, 1.165) is 0 Å². The molecule has 0 amide bonds. The lowest BCUT2D eigenvalue weighted by molar-refractivity contribution is -0.138. The summed E-state index contributed by atoms with van der Waals surface area (Å²) in [6.45, 7) is 1.72. The number of ether oxygens (including phenoxy) is 1. The highest BCUT2D eigenvalue weighted by molar-refractivity contribution is 7.13. The van der Waals surface area contributed by atoms with Crippen molar-refractivity contribution in [3.63, 3.8) is 0 Å². The first-order valence-corrected chi connectivity index (χ1v) is 8.55. The maximum absolute atomic E-state index is 12.7. The second-order valence-corrected chi connectivity index (χ2v) is 6.23. The van der Waals surface area contributed by atoms with Crippen molar-refractivity contribution < 1.29 is 14.3 Å². The van der Waals surface area contributed by atoms with Crippen LogP contribution in [0.15, 0.2) is 29.4 Å². The number of nitrogens with one attached hydrogen (secondary N) is 1. The lowest BCUT2D eigenvalue weighted by Crippen LogP contribution is -2.18. The number of esters is 1. The van der Waals surface area contributed by atoms with Crippen molar-refractivity contribution >= 4 is 63.0 Å². The molecule has 0 spiro atoms. The molecule has 2 aromatic rings. The number of anilines is 1. The first kappa shape index (κ1) is 18.7. The number of carbonyl (C=O) groups excluding carboxylic acids is 2. The van der Waals surface area contributed by atoms with Crippen LogP contribution < -0.4 is 5.32 Å². The number of rotatable bonds is 6. The first-order chi connectivity index (χ1) is 11.4. The number of halogens is 3. The van der Waals surface area contributed by atoms with Crippen LogP contribution in [0.4, 0.5) is 5.13 Å². The van der Waals surface area contributed by atoms with Gasteiger partial charge in [0.2, 0.25) is 5.78 Å². The molecule has 0 saturated heterocycles. The molecule has 0 saturated carbocycles. The summed E-state index contributed by atoms with van der Waals surface area (Å²) in [5.74, 6) is -1.56. The Morgan fingerprint density at radius 2 is 2.12 bits per heavy atom. The highest BCUT2D eigenvalue weighted by Crippen LogP contribution is 2.28. The van der Waals surface area contributed by atoms with Crippen LogP contribution in [0.3, 0.4) is 0 Å². The maximum Gasteiger partial charge on any atom is 0.343 e. The summed E-state index contributed by atoms with van der Waals surface area (Å²) in [6, 6.07) is 1.26. The second kappa shape index (κ2) is 8.43. The van der Waals surface area contributed by atoms with E-state index >= 15 is 0 Å². The van der Waals surface area contributed by atoms with Crippen molar-refractivity contribution in [3.05, 3.63) is 50.3 Å². The molecular formula is C14H10Cl3N3O3S. The highest BCUT2D eigenvalue weighted by Gasteiger charge is 2.26. The zero-order chi connectivity index (χ0) is 17.7. The van der Waals surface area contributed by atoms with Crippen LogP contribution in [-0.4, -0.2) is 28.3 Å². The zero-order valence-corrected chi connectivity index (χ0v) is 15.3. The minimum Gasteiger partial charge on any atom is -0.462 e. The first-order valence-electron chi connectivity index (χ1n) is 6.53. The minimum absolute atomic E-state index is 0.0190. The van der Waals surface area contributed by atoms with Crippen molar-refractivity contribution in [1.29, 1.82) is 0 Å². The predicted molar refractivity (Wildman–Crippen MR) is 94.1 cm³/mol. The van der Waals surface area contributed by atoms with Gasteiger partial charge in [0.25, 0.3) is 0 Å². The molecule has 0 unspecified atom stereocenters. The minimum atomic E-state index is -0.825. The zero-order valence-electron chi connectivity index (χ0n) is 12.2. The van der Waals surface area contributed by atoms with Gasteiger partial charge in [-0.1, -0.05) is 34.8 Å². The molecule has 10 heteroatoms. The van der Waals surface area contributed by atoms with E-state index in [9.17, 15) is 9.59 Å². The largest absolute Gasteiger partial charge is 0.462 e. The van der Waals surface area contributed by atoms with Gasteiger partial charge in [0.1, 0.15) is 15.9 Å². The fraction of sp³-hybridized carbons (Fsp3) is 0.143. The third-order valence-electron chi connectivity index (χ3n) is 2.64. The topological polar surface area (TPSA) is 81.2 Å². The molecule has 0 bridgehead atoms. The Morgan fingerprint density at radius 1 is 1.38 bits per heavy atom. The number of aromatic nitrogens is 2. The number of Topliss-reactive ketones (excluding diaryl/α,β-unsaturated/α-hetero) is 1. The number of thiazole rings is 1. The van der Waals surface area contributed by atoms with Crippen molar-refractivity contribution in [2.75, 3.05) is 11.9 Å². The van der Waals surface area contributed by atoms with Gasteiger partial charge < -0.3 is 10.1 Å². The summed E-state index contributed by atoms with van der Waals surface area (Å²) in [4.78, 5) is 32.6. The van der Waals surface area contributed by atoms with Crippen molar-refractivity contribution in [2.45, 2.75) is 6.92 Å². The standard InChI is InChI=1S/C14H10Cl3N3O3S/c1-2-23-13(22)7(6-19-14-18-3-4-24-14)11(21)10-8(15)5-9(16)20-12(10)17/h3-6H,2H2,1H3,(H,18,19)/b7-6-. The van der Waals surface area contributed by atoms with Crippen LogP contribution in [0, 0.1) is 0 Å². The molecule has 0 radical (unpaired) electrons. The maximum atomic E-state index is 12.7. The number of nitrogens with zero attached hydrogens (tertiary/aromatic N) is 2. The van der Waals surface area contributed by atoms with E-state index in [1.54, 1.807) is 18.5 Å². The van der Waals surface area contributed by atoms with Gasteiger partial charge in [0.05, 0.1) is 17.2 Å². The summed E-state index contributed by atoms with van der Waals surface area (Å²) >= 11 is 19.0. The third-order valence-corrected chi connectivity index (χ3v) is 4.10. The smallest absolute Gasteiger partial charge is 0.343 e. The van der Waals surface area contributed by atoms with Gasteiger partial charge in [-0.15, -0.1) is 11.3 Å². The molecular weight excluding hydrogens is 397 g/mol. The van der Waals surface area contributed by atoms with Crippen molar-refractivity contribution in [1.82, 2.24) is 9.97 Å². The Labute approximate surface area is 156 Å². The molecule has 0 aliphatic carbocycles. The van der Waals surface area contributed by atoms with Gasteiger partial charge in [-0.05, 0) is 13.0 Å². The molecule has 24 heavy (non-hydrogen) atoms. The average Bonchev–Trinajstić information content (AvgIpc) is 3.00. The van der Waals surface area contributed by atoms with Crippen molar-refractivity contribution in [3.8, 4) is 0 Å². The Balaban J connectivity index is 2.41.